The van der Waals surface area contributed by atoms with Crippen LogP contribution in [0.4, 0.5) is 0 Å². The molecule has 21 heavy (non-hydrogen) atoms. The average molecular weight is 287 g/mol. The maximum atomic E-state index is 12.4. The second-order valence-corrected chi connectivity index (χ2v) is 6.11. The summed E-state index contributed by atoms with van der Waals surface area (Å²) < 4.78 is 0. The Labute approximate surface area is 124 Å². The largest absolute Gasteiger partial charge is 0.391 e. The number of fused-ring (bicyclic) bond motifs is 1. The van der Waals surface area contributed by atoms with Gasteiger partial charge in [0.2, 0.25) is 5.91 Å². The van der Waals surface area contributed by atoms with E-state index in [0.717, 1.165) is 31.2 Å². The fourth-order valence-electron chi connectivity index (χ4n) is 3.44. The lowest BCUT2D eigenvalue weighted by Gasteiger charge is -2.32. The Morgan fingerprint density at radius 2 is 1.86 bits per heavy atom. The third-order valence-corrected chi connectivity index (χ3v) is 4.70. The first-order valence-electron chi connectivity index (χ1n) is 7.77. The quantitative estimate of drug-likeness (QED) is 0.867. The second kappa shape index (κ2) is 5.98. The molecule has 1 N–H and O–H groups in total. The number of benzene rings is 1. The summed E-state index contributed by atoms with van der Waals surface area (Å²) in [6.45, 7) is 0.136. The van der Waals surface area contributed by atoms with Crippen molar-refractivity contribution in [2.45, 2.75) is 44.6 Å². The van der Waals surface area contributed by atoms with Crippen LogP contribution in [0.5, 0.6) is 0 Å². The summed E-state index contributed by atoms with van der Waals surface area (Å²) in [6.07, 6.45) is 5.13. The zero-order valence-electron chi connectivity index (χ0n) is 12.1. The Bertz CT molecular complexity index is 549. The number of imide groups is 1. The molecule has 1 heterocycles. The molecule has 4 nitrogen and oxygen atoms in total. The number of rotatable bonds is 3. The molecule has 2 amide bonds. The molecule has 0 aromatic heterocycles. The van der Waals surface area contributed by atoms with Gasteiger partial charge in [0.25, 0.3) is 5.91 Å². The Kier molecular flexibility index (Phi) is 4.06. The molecule has 112 valence electrons. The maximum absolute atomic E-state index is 12.4. The Balaban J connectivity index is 1.73. The molecule has 1 atom stereocenters. The van der Waals surface area contributed by atoms with Crippen molar-refractivity contribution in [2.24, 2.45) is 5.92 Å². The van der Waals surface area contributed by atoms with Crippen LogP contribution in [0.15, 0.2) is 24.3 Å². The highest BCUT2D eigenvalue weighted by molar-refractivity contribution is 6.09. The summed E-state index contributed by atoms with van der Waals surface area (Å²) in [5, 5.41) is 10.4. The van der Waals surface area contributed by atoms with E-state index >= 15 is 0 Å². The Hall–Kier alpha value is -1.68. The minimum absolute atomic E-state index is 0.136. The van der Waals surface area contributed by atoms with Crippen LogP contribution in [0.1, 0.15) is 48.0 Å². The monoisotopic (exact) mass is 287 g/mol. The molecule has 1 aromatic rings. The summed E-state index contributed by atoms with van der Waals surface area (Å²) in [5.41, 5.74) is 1.38. The highest BCUT2D eigenvalue weighted by Gasteiger charge is 2.33. The average Bonchev–Trinajstić information content (AvgIpc) is 2.52. The third kappa shape index (κ3) is 2.86. The molecule has 0 bridgehead atoms. The third-order valence-electron chi connectivity index (χ3n) is 4.70. The van der Waals surface area contributed by atoms with Crippen LogP contribution >= 0.6 is 0 Å². The van der Waals surface area contributed by atoms with Gasteiger partial charge in [-0.05, 0) is 30.4 Å². The van der Waals surface area contributed by atoms with Gasteiger partial charge in [-0.25, -0.2) is 0 Å². The van der Waals surface area contributed by atoms with E-state index in [1.165, 1.54) is 11.3 Å². The van der Waals surface area contributed by atoms with Gasteiger partial charge in [-0.15, -0.1) is 0 Å². The lowest BCUT2D eigenvalue weighted by molar-refractivity contribution is -0.130. The van der Waals surface area contributed by atoms with Crippen LogP contribution < -0.4 is 0 Å². The van der Waals surface area contributed by atoms with Crippen molar-refractivity contribution in [2.75, 3.05) is 6.54 Å². The molecule has 3 rings (SSSR count). The molecule has 0 saturated heterocycles. The molecule has 1 unspecified atom stereocenters. The predicted molar refractivity (Wildman–Crippen MR) is 78.8 cm³/mol. The van der Waals surface area contributed by atoms with Gasteiger partial charge < -0.3 is 5.11 Å². The van der Waals surface area contributed by atoms with Gasteiger partial charge in [0, 0.05) is 5.56 Å². The Morgan fingerprint density at radius 1 is 1.14 bits per heavy atom. The molecule has 1 saturated carbocycles. The van der Waals surface area contributed by atoms with E-state index in [0.29, 0.717) is 5.56 Å². The summed E-state index contributed by atoms with van der Waals surface area (Å²) >= 11 is 0. The van der Waals surface area contributed by atoms with Crippen LogP contribution in [0.3, 0.4) is 0 Å². The first kappa shape index (κ1) is 14.3. The summed E-state index contributed by atoms with van der Waals surface area (Å²) in [5.74, 6) is -0.248. The van der Waals surface area contributed by atoms with Gasteiger partial charge in [-0.2, -0.15) is 0 Å². The van der Waals surface area contributed by atoms with E-state index in [2.05, 4.69) is 0 Å². The molecular formula is C17H21NO3. The number of hydrogen-bond acceptors (Lipinski definition) is 3. The minimum Gasteiger partial charge on any atom is -0.391 e. The number of aliphatic hydroxyl groups excluding tert-OH is 1. The number of nitrogens with zero attached hydrogens (tertiary/aromatic N) is 1. The zero-order chi connectivity index (χ0) is 14.8. The number of β-amino-alcohol motifs (C(OH)–C–C–N with tert-alkyl or cyclic N) is 1. The van der Waals surface area contributed by atoms with E-state index < -0.39 is 6.10 Å². The highest BCUT2D eigenvalue weighted by Crippen LogP contribution is 2.28. The predicted octanol–water partition coefficient (Wildman–Crippen LogP) is 2.15. The maximum Gasteiger partial charge on any atom is 0.260 e. The van der Waals surface area contributed by atoms with Crippen molar-refractivity contribution in [3.63, 3.8) is 0 Å². The lowest BCUT2D eigenvalue weighted by Crippen LogP contribution is -2.47. The standard InChI is InChI=1S/C17H21NO3/c19-15(12-6-2-1-3-7-12)11-18-16(20)10-13-8-4-5-9-14(13)17(18)21/h4-5,8-9,12,15,19H,1-3,6-7,10-11H2. The number of hydrogen-bond donors (Lipinski definition) is 1. The van der Waals surface area contributed by atoms with E-state index in [4.69, 9.17) is 0 Å². The van der Waals surface area contributed by atoms with Crippen molar-refractivity contribution in [3.8, 4) is 0 Å². The molecular weight excluding hydrogens is 266 g/mol. The minimum atomic E-state index is -0.594. The molecule has 1 fully saturated rings. The van der Waals surface area contributed by atoms with Gasteiger partial charge >= 0.3 is 0 Å². The highest BCUT2D eigenvalue weighted by atomic mass is 16.3. The molecule has 1 aliphatic carbocycles. The van der Waals surface area contributed by atoms with Crippen LogP contribution in [-0.2, 0) is 11.2 Å². The van der Waals surface area contributed by atoms with E-state index in [-0.39, 0.29) is 30.7 Å². The van der Waals surface area contributed by atoms with E-state index in [1.807, 2.05) is 18.2 Å². The molecule has 0 spiro atoms. The molecule has 4 heteroatoms. The summed E-state index contributed by atoms with van der Waals surface area (Å²) in [4.78, 5) is 25.9. The molecule has 1 aromatic carbocycles. The van der Waals surface area contributed by atoms with Gasteiger partial charge in [0.15, 0.2) is 0 Å². The smallest absolute Gasteiger partial charge is 0.260 e. The van der Waals surface area contributed by atoms with Crippen molar-refractivity contribution in [1.29, 1.82) is 0 Å². The number of carbonyl (C=O) groups is 2. The van der Waals surface area contributed by atoms with Crippen molar-refractivity contribution in [1.82, 2.24) is 4.90 Å². The fraction of sp³-hybridized carbons (Fsp3) is 0.529. The van der Waals surface area contributed by atoms with E-state index in [9.17, 15) is 14.7 Å². The molecule has 2 aliphatic rings. The van der Waals surface area contributed by atoms with Crippen molar-refractivity contribution < 1.29 is 14.7 Å². The second-order valence-electron chi connectivity index (χ2n) is 6.11. The normalized spacial score (nSPS) is 21.3. The lowest BCUT2D eigenvalue weighted by atomic mass is 9.85. The van der Waals surface area contributed by atoms with E-state index in [1.54, 1.807) is 6.07 Å². The van der Waals surface area contributed by atoms with Gasteiger partial charge in [-0.1, -0.05) is 37.5 Å². The van der Waals surface area contributed by atoms with Crippen LogP contribution in [0, 0.1) is 5.92 Å². The number of carbonyl (C=O) groups excluding carboxylic acids is 2. The Morgan fingerprint density at radius 3 is 2.62 bits per heavy atom. The fourth-order valence-corrected chi connectivity index (χ4v) is 3.44. The summed E-state index contributed by atoms with van der Waals surface area (Å²) in [7, 11) is 0. The number of amides is 2. The van der Waals surface area contributed by atoms with Crippen molar-refractivity contribution >= 4 is 11.8 Å². The van der Waals surface area contributed by atoms with Gasteiger partial charge in [0.05, 0.1) is 19.1 Å². The number of aliphatic hydroxyl groups is 1. The van der Waals surface area contributed by atoms with Crippen LogP contribution in [0.25, 0.3) is 0 Å². The topological polar surface area (TPSA) is 57.6 Å². The van der Waals surface area contributed by atoms with Crippen LogP contribution in [0.2, 0.25) is 0 Å². The van der Waals surface area contributed by atoms with Gasteiger partial charge in [-0.3, -0.25) is 14.5 Å². The zero-order valence-corrected chi connectivity index (χ0v) is 12.1. The first-order valence-corrected chi connectivity index (χ1v) is 7.77. The molecule has 1 aliphatic heterocycles. The first-order chi connectivity index (χ1) is 10.2. The van der Waals surface area contributed by atoms with Crippen molar-refractivity contribution in [3.05, 3.63) is 35.4 Å². The van der Waals surface area contributed by atoms with Gasteiger partial charge in [0.1, 0.15) is 0 Å². The molecule has 0 radical (unpaired) electrons. The summed E-state index contributed by atoms with van der Waals surface area (Å²) in [6, 6.07) is 7.22. The van der Waals surface area contributed by atoms with Crippen LogP contribution in [-0.4, -0.2) is 34.5 Å². The SMILES string of the molecule is O=C1Cc2ccccc2C(=O)N1CC(O)C1CCCCC1.